The van der Waals surface area contributed by atoms with Crippen LogP contribution in [-0.4, -0.2) is 15.0 Å². The maximum atomic E-state index is 5.32. The molecule has 0 saturated carbocycles. The van der Waals surface area contributed by atoms with Crippen molar-refractivity contribution in [3.63, 3.8) is 0 Å². The second kappa shape index (κ2) is 15.4. The van der Waals surface area contributed by atoms with Crippen LogP contribution in [0.3, 0.4) is 0 Å². The smallest absolute Gasteiger partial charge is 0.160 e. The average Bonchev–Trinajstić information content (AvgIpc) is 3.32. The van der Waals surface area contributed by atoms with Crippen LogP contribution in [-0.2, 0) is 0 Å². The van der Waals surface area contributed by atoms with Gasteiger partial charge in [-0.3, -0.25) is 0 Å². The SMILES string of the molecule is c1ccc(-c2cccc(-c3ccc4nc(-c5cccc(-c6ccccc6)c5)cc(-c5cccc(-c6cc(-c7ccccc7)nc(-c7ccccc7)n6)c5)c4c3)c2)cc1. The largest absolute Gasteiger partial charge is 0.248 e. The minimum atomic E-state index is 0.694. The lowest BCUT2D eigenvalue weighted by molar-refractivity contribution is 1.18. The number of rotatable bonds is 8. The predicted octanol–water partition coefficient (Wildman–Crippen LogP) is 14.4. The highest BCUT2D eigenvalue weighted by atomic mass is 14.9. The Morgan fingerprint density at radius 1 is 0.224 bits per heavy atom. The van der Waals surface area contributed by atoms with Crippen molar-refractivity contribution in [2.45, 2.75) is 0 Å². The van der Waals surface area contributed by atoms with E-state index < -0.39 is 0 Å². The normalized spacial score (nSPS) is 11.1. The summed E-state index contributed by atoms with van der Waals surface area (Å²) in [5, 5.41) is 1.08. The van der Waals surface area contributed by atoms with Gasteiger partial charge in [0.15, 0.2) is 5.82 Å². The molecule has 0 atom stereocenters. The maximum absolute atomic E-state index is 5.32. The molecule has 0 spiro atoms. The van der Waals surface area contributed by atoms with Gasteiger partial charge in [-0.15, -0.1) is 0 Å². The molecule has 0 radical (unpaired) electrons. The number of aromatic nitrogens is 3. The molecule has 0 unspecified atom stereocenters. The molecule has 10 rings (SSSR count). The number of hydrogen-bond acceptors (Lipinski definition) is 3. The Bertz CT molecular complexity index is 2980. The van der Waals surface area contributed by atoms with Gasteiger partial charge in [-0.2, -0.15) is 0 Å². The second-order valence-electron chi connectivity index (χ2n) is 14.5. The van der Waals surface area contributed by atoms with Gasteiger partial charge < -0.3 is 0 Å². The second-order valence-corrected chi connectivity index (χ2v) is 14.5. The molecule has 0 fully saturated rings. The molecule has 272 valence electrons. The summed E-state index contributed by atoms with van der Waals surface area (Å²) in [7, 11) is 0. The van der Waals surface area contributed by atoms with Crippen LogP contribution < -0.4 is 0 Å². The molecule has 2 aromatic heterocycles. The van der Waals surface area contributed by atoms with Crippen LogP contribution in [0.1, 0.15) is 0 Å². The molecule has 0 aliphatic carbocycles. The molecular weight excluding hydrogens is 703 g/mol. The average molecular weight is 740 g/mol. The van der Waals surface area contributed by atoms with Crippen molar-refractivity contribution in [2.24, 2.45) is 0 Å². The van der Waals surface area contributed by atoms with Crippen molar-refractivity contribution >= 4 is 10.9 Å². The van der Waals surface area contributed by atoms with Gasteiger partial charge in [0.05, 0.1) is 22.6 Å². The molecule has 8 aromatic carbocycles. The molecule has 0 amide bonds. The van der Waals surface area contributed by atoms with Gasteiger partial charge in [0, 0.05) is 27.6 Å². The molecule has 0 saturated heterocycles. The highest BCUT2D eigenvalue weighted by Gasteiger charge is 2.15. The highest BCUT2D eigenvalue weighted by molar-refractivity contribution is 6.00. The first-order chi connectivity index (χ1) is 28.7. The fraction of sp³-hybridized carbons (Fsp3) is 0. The van der Waals surface area contributed by atoms with E-state index in [2.05, 4.69) is 188 Å². The van der Waals surface area contributed by atoms with Crippen LogP contribution in [0.5, 0.6) is 0 Å². The Labute approximate surface area is 338 Å². The van der Waals surface area contributed by atoms with Crippen LogP contribution in [0.15, 0.2) is 224 Å². The van der Waals surface area contributed by atoms with Gasteiger partial charge in [-0.05, 0) is 87.0 Å². The van der Waals surface area contributed by atoms with Crippen molar-refractivity contribution < 1.29 is 0 Å². The summed E-state index contributed by atoms with van der Waals surface area (Å²) in [6.07, 6.45) is 0. The molecule has 10 aromatic rings. The maximum Gasteiger partial charge on any atom is 0.160 e. The lowest BCUT2D eigenvalue weighted by Crippen LogP contribution is -1.96. The minimum absolute atomic E-state index is 0.694. The van der Waals surface area contributed by atoms with Gasteiger partial charge in [0.25, 0.3) is 0 Å². The highest BCUT2D eigenvalue weighted by Crippen LogP contribution is 2.38. The third-order valence-corrected chi connectivity index (χ3v) is 10.7. The molecule has 0 aliphatic heterocycles. The number of fused-ring (bicyclic) bond motifs is 1. The lowest BCUT2D eigenvalue weighted by atomic mass is 9.93. The summed E-state index contributed by atoms with van der Waals surface area (Å²) in [4.78, 5) is 15.5. The first kappa shape index (κ1) is 34.7. The van der Waals surface area contributed by atoms with Gasteiger partial charge in [-0.25, -0.2) is 15.0 Å². The van der Waals surface area contributed by atoms with E-state index in [1.165, 1.54) is 16.7 Å². The van der Waals surface area contributed by atoms with E-state index in [9.17, 15) is 0 Å². The van der Waals surface area contributed by atoms with E-state index in [1.54, 1.807) is 0 Å². The number of hydrogen-bond donors (Lipinski definition) is 0. The number of pyridine rings is 1. The summed E-state index contributed by atoms with van der Waals surface area (Å²) in [5.74, 6) is 0.694. The summed E-state index contributed by atoms with van der Waals surface area (Å²) < 4.78 is 0. The van der Waals surface area contributed by atoms with Gasteiger partial charge in [0.2, 0.25) is 0 Å². The Hall–Kier alpha value is -7.75. The van der Waals surface area contributed by atoms with E-state index in [0.717, 1.165) is 78.1 Å². The van der Waals surface area contributed by atoms with E-state index in [1.807, 2.05) is 36.4 Å². The Morgan fingerprint density at radius 3 is 1.21 bits per heavy atom. The first-order valence-corrected chi connectivity index (χ1v) is 19.6. The van der Waals surface area contributed by atoms with E-state index in [0.29, 0.717) is 5.82 Å². The zero-order valence-electron chi connectivity index (χ0n) is 31.7. The lowest BCUT2D eigenvalue weighted by Gasteiger charge is -2.15. The monoisotopic (exact) mass is 739 g/mol. The van der Waals surface area contributed by atoms with E-state index in [4.69, 9.17) is 15.0 Å². The number of nitrogens with zero attached hydrogens (tertiary/aromatic N) is 3. The predicted molar refractivity (Wildman–Crippen MR) is 241 cm³/mol. The molecule has 0 N–H and O–H groups in total. The van der Waals surface area contributed by atoms with Crippen molar-refractivity contribution in [3.05, 3.63) is 224 Å². The molecular formula is C55H37N3. The van der Waals surface area contributed by atoms with Gasteiger partial charge in [0.1, 0.15) is 0 Å². The molecule has 0 aliphatic rings. The quantitative estimate of drug-likeness (QED) is 0.156. The molecule has 2 heterocycles. The first-order valence-electron chi connectivity index (χ1n) is 19.6. The summed E-state index contributed by atoms with van der Waals surface area (Å²) in [6, 6.07) is 78.8. The topological polar surface area (TPSA) is 38.7 Å². The third-order valence-electron chi connectivity index (χ3n) is 10.7. The molecule has 3 nitrogen and oxygen atoms in total. The standard InChI is InChI=1S/C55H37N3/c1-5-16-38(17-6-1)42-24-13-26-44(32-42)45-30-31-51-50(35-45)49(36-52(56-51)47-28-14-25-43(33-47)39-18-7-2-8-19-39)46-27-15-29-48(34-46)54-37-53(40-20-9-3-10-21-40)57-55(58-54)41-22-11-4-12-23-41/h1-37H. The van der Waals surface area contributed by atoms with Crippen LogP contribution in [0.25, 0.3) is 101 Å². The fourth-order valence-corrected chi connectivity index (χ4v) is 7.70. The summed E-state index contributed by atoms with van der Waals surface area (Å²) in [6.45, 7) is 0. The zero-order chi connectivity index (χ0) is 38.7. The Kier molecular flexibility index (Phi) is 9.23. The summed E-state index contributed by atoms with van der Waals surface area (Å²) >= 11 is 0. The van der Waals surface area contributed by atoms with Crippen LogP contribution in [0.4, 0.5) is 0 Å². The van der Waals surface area contributed by atoms with Crippen LogP contribution in [0, 0.1) is 0 Å². The Morgan fingerprint density at radius 2 is 0.621 bits per heavy atom. The fourth-order valence-electron chi connectivity index (χ4n) is 7.70. The van der Waals surface area contributed by atoms with Crippen molar-refractivity contribution in [2.75, 3.05) is 0 Å². The van der Waals surface area contributed by atoms with Gasteiger partial charge in [-0.1, -0.05) is 182 Å². The Balaban J connectivity index is 1.14. The van der Waals surface area contributed by atoms with Crippen LogP contribution in [0.2, 0.25) is 0 Å². The summed E-state index contributed by atoms with van der Waals surface area (Å²) in [5.41, 5.74) is 16.9. The zero-order valence-corrected chi connectivity index (χ0v) is 31.7. The van der Waals surface area contributed by atoms with E-state index in [-0.39, 0.29) is 0 Å². The van der Waals surface area contributed by atoms with E-state index >= 15 is 0 Å². The molecule has 58 heavy (non-hydrogen) atoms. The third kappa shape index (κ3) is 7.09. The number of benzene rings is 8. The van der Waals surface area contributed by atoms with Gasteiger partial charge >= 0.3 is 0 Å². The molecule has 3 heteroatoms. The van der Waals surface area contributed by atoms with Crippen molar-refractivity contribution in [3.8, 4) is 89.7 Å². The van der Waals surface area contributed by atoms with Crippen LogP contribution >= 0.6 is 0 Å². The minimum Gasteiger partial charge on any atom is -0.248 e. The van der Waals surface area contributed by atoms with Crippen molar-refractivity contribution in [1.82, 2.24) is 15.0 Å². The van der Waals surface area contributed by atoms with Crippen molar-refractivity contribution in [1.29, 1.82) is 0 Å². The molecule has 0 bridgehead atoms.